The van der Waals surface area contributed by atoms with Crippen molar-refractivity contribution in [3.05, 3.63) is 34.9 Å². The van der Waals surface area contributed by atoms with Crippen LogP contribution in [0.25, 0.3) is 0 Å². The van der Waals surface area contributed by atoms with E-state index in [0.717, 1.165) is 36.5 Å². The molecule has 0 heterocycles. The predicted molar refractivity (Wildman–Crippen MR) is 73.6 cm³/mol. The van der Waals surface area contributed by atoms with Gasteiger partial charge in [0.1, 0.15) is 0 Å². The molecule has 1 rings (SSSR count). The smallest absolute Gasteiger partial charge is 0.0672 e. The fourth-order valence-electron chi connectivity index (χ4n) is 1.79. The van der Waals surface area contributed by atoms with Crippen molar-refractivity contribution in [2.75, 3.05) is 13.1 Å². The average Bonchev–Trinajstić information content (AvgIpc) is 2.27. The Morgan fingerprint density at radius 2 is 1.88 bits per heavy atom. The number of rotatable bonds is 7. The second-order valence-electron chi connectivity index (χ2n) is 4.80. The van der Waals surface area contributed by atoms with E-state index in [2.05, 4.69) is 12.2 Å². The van der Waals surface area contributed by atoms with Crippen molar-refractivity contribution >= 4 is 11.6 Å². The molecule has 0 spiro atoms. The van der Waals surface area contributed by atoms with Gasteiger partial charge < -0.3 is 10.4 Å². The summed E-state index contributed by atoms with van der Waals surface area (Å²) in [5, 5.41) is 14.3. The van der Waals surface area contributed by atoms with Crippen LogP contribution in [0.15, 0.2) is 24.3 Å². The molecule has 0 amide bonds. The SMILES string of the molecule is CCCNCCC(C)(O)Cc1ccc(Cl)cc1. The Hall–Kier alpha value is -0.570. The van der Waals surface area contributed by atoms with E-state index < -0.39 is 5.60 Å². The third kappa shape index (κ3) is 6.06. The molecule has 0 bridgehead atoms. The Balaban J connectivity index is 2.40. The summed E-state index contributed by atoms with van der Waals surface area (Å²) in [6, 6.07) is 7.66. The molecule has 1 atom stereocenters. The Kier molecular flexibility index (Phi) is 5.96. The summed E-state index contributed by atoms with van der Waals surface area (Å²) in [6.45, 7) is 5.89. The largest absolute Gasteiger partial charge is 0.390 e. The fraction of sp³-hybridized carbons (Fsp3) is 0.571. The number of hydrogen-bond donors (Lipinski definition) is 2. The summed E-state index contributed by atoms with van der Waals surface area (Å²) in [6.07, 6.45) is 2.55. The molecule has 0 aliphatic rings. The lowest BCUT2D eigenvalue weighted by molar-refractivity contribution is 0.0516. The van der Waals surface area contributed by atoms with Gasteiger partial charge in [-0.25, -0.2) is 0 Å². The Morgan fingerprint density at radius 3 is 2.47 bits per heavy atom. The van der Waals surface area contributed by atoms with Gasteiger partial charge in [0.15, 0.2) is 0 Å². The number of benzene rings is 1. The van der Waals surface area contributed by atoms with Crippen molar-refractivity contribution in [2.45, 2.75) is 38.7 Å². The minimum atomic E-state index is -0.658. The summed E-state index contributed by atoms with van der Waals surface area (Å²) in [4.78, 5) is 0. The van der Waals surface area contributed by atoms with Crippen molar-refractivity contribution in [3.63, 3.8) is 0 Å². The van der Waals surface area contributed by atoms with Crippen molar-refractivity contribution in [3.8, 4) is 0 Å². The van der Waals surface area contributed by atoms with E-state index in [4.69, 9.17) is 11.6 Å². The van der Waals surface area contributed by atoms with Gasteiger partial charge in [0.05, 0.1) is 5.60 Å². The standard InChI is InChI=1S/C14H22ClNO/c1-3-9-16-10-8-14(2,17)11-12-4-6-13(15)7-5-12/h4-7,16-17H,3,8-11H2,1-2H3. The highest BCUT2D eigenvalue weighted by atomic mass is 35.5. The monoisotopic (exact) mass is 255 g/mol. The molecule has 1 unspecified atom stereocenters. The second kappa shape index (κ2) is 7.00. The molecular weight excluding hydrogens is 234 g/mol. The first-order valence-corrected chi connectivity index (χ1v) is 6.59. The van der Waals surface area contributed by atoms with Gasteiger partial charge in [-0.3, -0.25) is 0 Å². The van der Waals surface area contributed by atoms with Gasteiger partial charge in [0, 0.05) is 11.4 Å². The summed E-state index contributed by atoms with van der Waals surface area (Å²) in [5.74, 6) is 0. The van der Waals surface area contributed by atoms with Gasteiger partial charge in [-0.1, -0.05) is 30.7 Å². The highest BCUT2D eigenvalue weighted by Gasteiger charge is 2.20. The van der Waals surface area contributed by atoms with Crippen LogP contribution in [0.1, 0.15) is 32.3 Å². The van der Waals surface area contributed by atoms with Crippen LogP contribution in [-0.2, 0) is 6.42 Å². The Bertz CT molecular complexity index is 321. The van der Waals surface area contributed by atoms with Crippen molar-refractivity contribution in [1.82, 2.24) is 5.32 Å². The van der Waals surface area contributed by atoms with Crippen LogP contribution in [0.4, 0.5) is 0 Å². The number of halogens is 1. The number of hydrogen-bond acceptors (Lipinski definition) is 2. The molecule has 2 N–H and O–H groups in total. The van der Waals surface area contributed by atoms with Crippen LogP contribution in [0.2, 0.25) is 5.02 Å². The third-order valence-corrected chi connectivity index (χ3v) is 3.02. The van der Waals surface area contributed by atoms with E-state index in [1.807, 2.05) is 31.2 Å². The third-order valence-electron chi connectivity index (χ3n) is 2.77. The highest BCUT2D eigenvalue weighted by molar-refractivity contribution is 6.30. The van der Waals surface area contributed by atoms with E-state index >= 15 is 0 Å². The summed E-state index contributed by atoms with van der Waals surface area (Å²) in [7, 11) is 0. The summed E-state index contributed by atoms with van der Waals surface area (Å²) >= 11 is 5.83. The zero-order chi connectivity index (χ0) is 12.7. The summed E-state index contributed by atoms with van der Waals surface area (Å²) in [5.41, 5.74) is 0.462. The maximum absolute atomic E-state index is 10.3. The molecule has 2 nitrogen and oxygen atoms in total. The molecule has 17 heavy (non-hydrogen) atoms. The molecular formula is C14H22ClNO. The first kappa shape index (κ1) is 14.5. The normalized spacial score (nSPS) is 14.6. The van der Waals surface area contributed by atoms with Gasteiger partial charge in [0.2, 0.25) is 0 Å². The zero-order valence-electron chi connectivity index (χ0n) is 10.7. The molecule has 0 aliphatic carbocycles. The van der Waals surface area contributed by atoms with E-state index in [0.29, 0.717) is 6.42 Å². The number of aliphatic hydroxyl groups is 1. The molecule has 0 saturated heterocycles. The molecule has 0 radical (unpaired) electrons. The average molecular weight is 256 g/mol. The fourth-order valence-corrected chi connectivity index (χ4v) is 1.92. The number of nitrogens with one attached hydrogen (secondary N) is 1. The first-order valence-electron chi connectivity index (χ1n) is 6.21. The minimum absolute atomic E-state index is 0.658. The maximum Gasteiger partial charge on any atom is 0.0672 e. The van der Waals surface area contributed by atoms with Crippen LogP contribution in [0, 0.1) is 0 Å². The van der Waals surface area contributed by atoms with Crippen molar-refractivity contribution in [1.29, 1.82) is 0 Å². The zero-order valence-corrected chi connectivity index (χ0v) is 11.4. The molecule has 1 aromatic rings. The molecule has 96 valence electrons. The van der Waals surface area contributed by atoms with Gasteiger partial charge in [-0.2, -0.15) is 0 Å². The van der Waals surface area contributed by atoms with Gasteiger partial charge in [0.25, 0.3) is 0 Å². The maximum atomic E-state index is 10.3. The summed E-state index contributed by atoms with van der Waals surface area (Å²) < 4.78 is 0. The van der Waals surface area contributed by atoms with Crippen LogP contribution in [0.3, 0.4) is 0 Å². The van der Waals surface area contributed by atoms with Crippen molar-refractivity contribution < 1.29 is 5.11 Å². The molecule has 0 aromatic heterocycles. The Morgan fingerprint density at radius 1 is 1.24 bits per heavy atom. The van der Waals surface area contributed by atoms with E-state index in [9.17, 15) is 5.11 Å². The topological polar surface area (TPSA) is 32.3 Å². The van der Waals surface area contributed by atoms with Crippen LogP contribution in [0.5, 0.6) is 0 Å². The van der Waals surface area contributed by atoms with Gasteiger partial charge >= 0.3 is 0 Å². The minimum Gasteiger partial charge on any atom is -0.390 e. The molecule has 0 saturated carbocycles. The second-order valence-corrected chi connectivity index (χ2v) is 5.24. The van der Waals surface area contributed by atoms with Crippen LogP contribution >= 0.6 is 11.6 Å². The van der Waals surface area contributed by atoms with Gasteiger partial charge in [-0.15, -0.1) is 0 Å². The van der Waals surface area contributed by atoms with Crippen molar-refractivity contribution in [2.24, 2.45) is 0 Å². The highest BCUT2D eigenvalue weighted by Crippen LogP contribution is 2.18. The lowest BCUT2D eigenvalue weighted by atomic mass is 9.93. The van der Waals surface area contributed by atoms with Gasteiger partial charge in [-0.05, 0) is 50.6 Å². The molecule has 0 fully saturated rings. The lowest BCUT2D eigenvalue weighted by Gasteiger charge is -2.23. The molecule has 0 aliphatic heterocycles. The predicted octanol–water partition coefficient (Wildman–Crippen LogP) is 3.02. The lowest BCUT2D eigenvalue weighted by Crippen LogP contribution is -2.32. The van der Waals surface area contributed by atoms with E-state index in [1.165, 1.54) is 0 Å². The van der Waals surface area contributed by atoms with E-state index in [1.54, 1.807) is 0 Å². The van der Waals surface area contributed by atoms with E-state index in [-0.39, 0.29) is 0 Å². The quantitative estimate of drug-likeness (QED) is 0.734. The Labute approximate surface area is 109 Å². The first-order chi connectivity index (χ1) is 8.03. The molecule has 1 aromatic carbocycles. The molecule has 3 heteroatoms. The van der Waals surface area contributed by atoms with Crippen LogP contribution in [-0.4, -0.2) is 23.8 Å². The van der Waals surface area contributed by atoms with Crippen LogP contribution < -0.4 is 5.32 Å².